The molecule has 1 amide bonds. The molecule has 2 N–H and O–H groups in total. The Kier molecular flexibility index (Phi) is 8.43. The summed E-state index contributed by atoms with van der Waals surface area (Å²) in [5, 5.41) is 11.9. The lowest BCUT2D eigenvalue weighted by Crippen LogP contribution is -2.31. The predicted molar refractivity (Wildman–Crippen MR) is 149 cm³/mol. The van der Waals surface area contributed by atoms with E-state index in [0.29, 0.717) is 41.4 Å². The number of rotatable bonds is 10. The molecule has 2 aromatic carbocycles. The predicted octanol–water partition coefficient (Wildman–Crippen LogP) is 6.12. The Morgan fingerprint density at radius 1 is 1.08 bits per heavy atom. The molecule has 4 rings (SSSR count). The summed E-state index contributed by atoms with van der Waals surface area (Å²) in [5.74, 6) is 2.63. The Labute approximate surface area is 222 Å². The summed E-state index contributed by atoms with van der Waals surface area (Å²) in [4.78, 5) is 18.6. The zero-order chi connectivity index (χ0) is 26.5. The van der Waals surface area contributed by atoms with E-state index in [4.69, 9.17) is 19.6 Å². The van der Waals surface area contributed by atoms with Gasteiger partial charge in [-0.1, -0.05) is 36.9 Å². The maximum absolute atomic E-state index is 13.9. The van der Waals surface area contributed by atoms with Gasteiger partial charge in [0.15, 0.2) is 11.5 Å². The first kappa shape index (κ1) is 26.6. The molecule has 2 heterocycles. The highest BCUT2D eigenvalue weighted by molar-refractivity contribution is 7.99. The van der Waals surface area contributed by atoms with E-state index in [9.17, 15) is 4.79 Å². The minimum Gasteiger partial charge on any atom is -0.490 e. The first-order chi connectivity index (χ1) is 17.9. The van der Waals surface area contributed by atoms with Crippen LogP contribution in [0.4, 0.5) is 11.6 Å². The van der Waals surface area contributed by atoms with Gasteiger partial charge < -0.3 is 20.1 Å². The summed E-state index contributed by atoms with van der Waals surface area (Å²) in [6.07, 6.45) is 1.02. The number of hydrogen-bond acceptors (Lipinski definition) is 7. The molecular formula is C28H35N5O3S. The van der Waals surface area contributed by atoms with Gasteiger partial charge in [-0.25, -0.2) is 4.68 Å². The second kappa shape index (κ2) is 11.7. The Morgan fingerprint density at radius 3 is 2.57 bits per heavy atom. The molecule has 37 heavy (non-hydrogen) atoms. The molecule has 0 radical (unpaired) electrons. The Hall–Kier alpha value is -3.46. The highest BCUT2D eigenvalue weighted by atomic mass is 32.2. The van der Waals surface area contributed by atoms with E-state index in [-0.39, 0.29) is 5.91 Å². The fraction of sp³-hybridized carbons (Fsp3) is 0.393. The van der Waals surface area contributed by atoms with E-state index in [1.165, 1.54) is 0 Å². The molecule has 0 aliphatic carbocycles. The number of anilines is 2. The number of ether oxygens (including phenoxy) is 2. The zero-order valence-electron chi connectivity index (χ0n) is 22.3. The number of aromatic nitrogens is 3. The molecule has 1 unspecified atom stereocenters. The first-order valence-electron chi connectivity index (χ1n) is 12.7. The van der Waals surface area contributed by atoms with Crippen molar-refractivity contribution in [2.24, 2.45) is 0 Å². The standard InChI is InChI=1S/C28H35N5O3S/c1-7-15-37-28-31-27-29-19(6)24(26(34)30-21-12-10-11-17(4)18(21)5)25(33(27)32-28)20-13-14-22(35-8-2)23(16-20)36-9-3/h10-14,16,25H,7-9,15H2,1-6H3,(H,30,34)(H,29,31,32). The normalized spacial score (nSPS) is 14.7. The number of fused-ring (bicyclic) bond motifs is 1. The SMILES string of the molecule is CCCSc1nc2n(n1)C(c1ccc(OCC)c(OCC)c1)C(C(=O)Nc1cccc(C)c1C)=C(C)N2. The van der Waals surface area contributed by atoms with Crippen molar-refractivity contribution >= 4 is 29.3 Å². The van der Waals surface area contributed by atoms with Gasteiger partial charge in [-0.3, -0.25) is 4.79 Å². The highest BCUT2D eigenvalue weighted by Crippen LogP contribution is 2.40. The molecule has 1 atom stereocenters. The summed E-state index contributed by atoms with van der Waals surface area (Å²) < 4.78 is 13.5. The van der Waals surface area contributed by atoms with Crippen LogP contribution in [0, 0.1) is 13.8 Å². The number of carbonyl (C=O) groups excluding carboxylic acids is 1. The maximum atomic E-state index is 13.9. The summed E-state index contributed by atoms with van der Waals surface area (Å²) in [7, 11) is 0. The number of carbonyl (C=O) groups is 1. The van der Waals surface area contributed by atoms with Gasteiger partial charge in [0.25, 0.3) is 5.91 Å². The van der Waals surface area contributed by atoms with Crippen molar-refractivity contribution in [3.8, 4) is 11.5 Å². The van der Waals surface area contributed by atoms with Gasteiger partial charge in [0.2, 0.25) is 11.1 Å². The Balaban J connectivity index is 1.81. The monoisotopic (exact) mass is 521 g/mol. The van der Waals surface area contributed by atoms with Gasteiger partial charge in [0.05, 0.1) is 18.8 Å². The van der Waals surface area contributed by atoms with E-state index < -0.39 is 6.04 Å². The topological polar surface area (TPSA) is 90.3 Å². The van der Waals surface area contributed by atoms with E-state index in [1.807, 2.05) is 71.0 Å². The van der Waals surface area contributed by atoms with Crippen LogP contribution >= 0.6 is 11.8 Å². The molecule has 0 saturated heterocycles. The lowest BCUT2D eigenvalue weighted by Gasteiger charge is -2.29. The van der Waals surface area contributed by atoms with Crippen LogP contribution in [-0.2, 0) is 4.79 Å². The second-order valence-corrected chi connectivity index (χ2v) is 9.91. The van der Waals surface area contributed by atoms with Crippen molar-refractivity contribution in [3.05, 3.63) is 64.4 Å². The second-order valence-electron chi connectivity index (χ2n) is 8.85. The average molecular weight is 522 g/mol. The lowest BCUT2D eigenvalue weighted by molar-refractivity contribution is -0.113. The van der Waals surface area contributed by atoms with Crippen molar-refractivity contribution in [1.29, 1.82) is 0 Å². The van der Waals surface area contributed by atoms with Crippen LogP contribution in [-0.4, -0.2) is 39.6 Å². The molecule has 1 aliphatic rings. The van der Waals surface area contributed by atoms with Crippen LogP contribution in [0.5, 0.6) is 11.5 Å². The number of benzene rings is 2. The van der Waals surface area contributed by atoms with Crippen molar-refractivity contribution in [3.63, 3.8) is 0 Å². The quantitative estimate of drug-likeness (QED) is 0.311. The van der Waals surface area contributed by atoms with Crippen molar-refractivity contribution < 1.29 is 14.3 Å². The fourth-order valence-corrected chi connectivity index (χ4v) is 4.99. The number of nitrogens with one attached hydrogen (secondary N) is 2. The van der Waals surface area contributed by atoms with Crippen LogP contribution < -0.4 is 20.1 Å². The molecule has 1 aliphatic heterocycles. The van der Waals surface area contributed by atoms with Crippen LogP contribution in [0.1, 0.15) is 56.8 Å². The number of amides is 1. The Morgan fingerprint density at radius 2 is 1.84 bits per heavy atom. The number of allylic oxidation sites excluding steroid dienone is 1. The average Bonchev–Trinajstić information content (AvgIpc) is 3.28. The third-order valence-electron chi connectivity index (χ3n) is 6.25. The largest absolute Gasteiger partial charge is 0.490 e. The number of thioether (sulfide) groups is 1. The minimum absolute atomic E-state index is 0.195. The van der Waals surface area contributed by atoms with E-state index in [0.717, 1.165) is 40.2 Å². The minimum atomic E-state index is -0.500. The molecule has 196 valence electrons. The third kappa shape index (κ3) is 5.61. The van der Waals surface area contributed by atoms with Crippen molar-refractivity contribution in [1.82, 2.24) is 14.8 Å². The molecule has 0 fully saturated rings. The Bertz CT molecular complexity index is 1320. The van der Waals surface area contributed by atoms with Crippen molar-refractivity contribution in [2.45, 2.75) is 59.2 Å². The zero-order valence-corrected chi connectivity index (χ0v) is 23.2. The number of hydrogen-bond donors (Lipinski definition) is 2. The van der Waals surface area contributed by atoms with Gasteiger partial charge in [-0.15, -0.1) is 5.10 Å². The van der Waals surface area contributed by atoms with Crippen LogP contribution in [0.25, 0.3) is 0 Å². The maximum Gasteiger partial charge on any atom is 0.255 e. The first-order valence-corrected chi connectivity index (χ1v) is 13.7. The lowest BCUT2D eigenvalue weighted by atomic mass is 9.94. The molecule has 8 nitrogen and oxygen atoms in total. The van der Waals surface area contributed by atoms with E-state index in [1.54, 1.807) is 16.4 Å². The highest BCUT2D eigenvalue weighted by Gasteiger charge is 2.35. The van der Waals surface area contributed by atoms with Gasteiger partial charge in [0, 0.05) is 17.1 Å². The van der Waals surface area contributed by atoms with E-state index in [2.05, 4.69) is 17.6 Å². The molecule has 0 saturated carbocycles. The summed E-state index contributed by atoms with van der Waals surface area (Å²) in [5.41, 5.74) is 5.09. The van der Waals surface area contributed by atoms with Gasteiger partial charge >= 0.3 is 0 Å². The molecule has 0 spiro atoms. The number of nitrogens with zero attached hydrogens (tertiary/aromatic N) is 3. The van der Waals surface area contributed by atoms with Crippen LogP contribution in [0.3, 0.4) is 0 Å². The van der Waals surface area contributed by atoms with Gasteiger partial charge in [-0.2, -0.15) is 4.98 Å². The molecule has 3 aromatic rings. The van der Waals surface area contributed by atoms with Crippen molar-refractivity contribution in [2.75, 3.05) is 29.6 Å². The summed E-state index contributed by atoms with van der Waals surface area (Å²) in [6, 6.07) is 11.2. The van der Waals surface area contributed by atoms with Crippen LogP contribution in [0.15, 0.2) is 52.8 Å². The summed E-state index contributed by atoms with van der Waals surface area (Å²) >= 11 is 1.60. The van der Waals surface area contributed by atoms with Gasteiger partial charge in [0.1, 0.15) is 6.04 Å². The third-order valence-corrected chi connectivity index (χ3v) is 7.29. The molecule has 9 heteroatoms. The molecule has 0 bridgehead atoms. The smallest absolute Gasteiger partial charge is 0.255 e. The molecule has 1 aromatic heterocycles. The summed E-state index contributed by atoms with van der Waals surface area (Å²) in [6.45, 7) is 13.0. The fourth-order valence-electron chi connectivity index (χ4n) is 4.30. The number of aryl methyl sites for hydroxylation is 1. The van der Waals surface area contributed by atoms with E-state index >= 15 is 0 Å². The molecular weight excluding hydrogens is 486 g/mol. The van der Waals surface area contributed by atoms with Crippen LogP contribution in [0.2, 0.25) is 0 Å². The van der Waals surface area contributed by atoms with Gasteiger partial charge in [-0.05, 0) is 75.9 Å².